The first kappa shape index (κ1) is 32.4. The third-order valence-electron chi connectivity index (χ3n) is 7.51. The van der Waals surface area contributed by atoms with Crippen molar-refractivity contribution in [3.63, 3.8) is 0 Å². The van der Waals surface area contributed by atoms with Crippen molar-refractivity contribution >= 4 is 0 Å². The largest absolute Gasteiger partial charge is 0.432 e. The van der Waals surface area contributed by atoms with E-state index >= 15 is 4.39 Å². The lowest BCUT2D eigenvalue weighted by molar-refractivity contribution is -0.206. The fourth-order valence-electron chi connectivity index (χ4n) is 5.15. The number of halogens is 8. The molecule has 4 aromatic carbocycles. The zero-order valence-electron chi connectivity index (χ0n) is 24.0. The van der Waals surface area contributed by atoms with Crippen LogP contribution in [-0.2, 0) is 15.6 Å². The lowest BCUT2D eigenvalue weighted by Gasteiger charge is -2.29. The standard InChI is InChI=1S/C34H28F8O3/c1-2-3-4-5-19-17-43-33(44-18-19)22-10-11-25(26(35)12-22)21-8-6-20(7-9-21)23-13-27(36)31(28(37)14-23)34(41,42)45-24-15-29(38)32(40)30(39)16-24/h6-16,19,33H,2-5,17-18H2,1H3. The number of ether oxygens (including phenoxy) is 3. The van der Waals surface area contributed by atoms with Crippen LogP contribution in [0.25, 0.3) is 22.3 Å². The molecule has 0 amide bonds. The average molecular weight is 637 g/mol. The summed E-state index contributed by atoms with van der Waals surface area (Å²) in [5, 5.41) is 0. The highest BCUT2D eigenvalue weighted by Gasteiger charge is 2.41. The van der Waals surface area contributed by atoms with Gasteiger partial charge in [-0.25, -0.2) is 26.3 Å². The van der Waals surface area contributed by atoms with Crippen LogP contribution >= 0.6 is 0 Å². The summed E-state index contributed by atoms with van der Waals surface area (Å²) in [7, 11) is 0. The van der Waals surface area contributed by atoms with Gasteiger partial charge in [-0.1, -0.05) is 62.6 Å². The van der Waals surface area contributed by atoms with Crippen molar-refractivity contribution in [3.05, 3.63) is 113 Å². The van der Waals surface area contributed by atoms with Gasteiger partial charge in [0.05, 0.1) is 13.2 Å². The molecule has 3 nitrogen and oxygen atoms in total. The Kier molecular flexibility index (Phi) is 9.79. The maximum atomic E-state index is 15.1. The summed E-state index contributed by atoms with van der Waals surface area (Å²) in [5.74, 6) is -10.4. The summed E-state index contributed by atoms with van der Waals surface area (Å²) < 4.78 is 130. The Morgan fingerprint density at radius 1 is 0.689 bits per heavy atom. The zero-order chi connectivity index (χ0) is 32.3. The fourth-order valence-corrected chi connectivity index (χ4v) is 5.15. The molecule has 0 aromatic heterocycles. The molecule has 0 radical (unpaired) electrons. The molecule has 1 aliphatic rings. The molecule has 4 aromatic rings. The van der Waals surface area contributed by atoms with Gasteiger partial charge in [0.2, 0.25) is 0 Å². The summed E-state index contributed by atoms with van der Waals surface area (Å²) in [4.78, 5) is 0. The molecular weight excluding hydrogens is 608 g/mol. The molecule has 0 atom stereocenters. The van der Waals surface area contributed by atoms with Crippen LogP contribution < -0.4 is 4.74 Å². The van der Waals surface area contributed by atoms with Gasteiger partial charge in [0, 0.05) is 29.2 Å². The molecule has 1 saturated heterocycles. The Morgan fingerprint density at radius 2 is 1.29 bits per heavy atom. The molecule has 11 heteroatoms. The molecule has 0 saturated carbocycles. The summed E-state index contributed by atoms with van der Waals surface area (Å²) in [5.41, 5.74) is -0.485. The topological polar surface area (TPSA) is 27.7 Å². The second-order valence-electron chi connectivity index (χ2n) is 10.8. The number of alkyl halides is 2. The van der Waals surface area contributed by atoms with E-state index in [0.29, 0.717) is 42.4 Å². The molecule has 45 heavy (non-hydrogen) atoms. The van der Waals surface area contributed by atoms with Gasteiger partial charge in [0.1, 0.15) is 28.8 Å². The van der Waals surface area contributed by atoms with E-state index in [1.165, 1.54) is 30.3 Å². The maximum absolute atomic E-state index is 15.1. The molecule has 0 unspecified atom stereocenters. The minimum Gasteiger partial charge on any atom is -0.429 e. The predicted molar refractivity (Wildman–Crippen MR) is 150 cm³/mol. The first-order chi connectivity index (χ1) is 21.5. The van der Waals surface area contributed by atoms with Gasteiger partial charge in [0.15, 0.2) is 23.7 Å². The van der Waals surface area contributed by atoms with Gasteiger partial charge in [-0.2, -0.15) is 8.78 Å². The van der Waals surface area contributed by atoms with E-state index in [0.717, 1.165) is 25.7 Å². The minimum atomic E-state index is -4.71. The molecule has 0 bridgehead atoms. The lowest BCUT2D eigenvalue weighted by atomic mass is 9.97. The molecule has 1 aliphatic heterocycles. The van der Waals surface area contributed by atoms with Crippen LogP contribution in [0.2, 0.25) is 0 Å². The van der Waals surface area contributed by atoms with E-state index < -0.39 is 58.6 Å². The Balaban J connectivity index is 1.29. The number of unbranched alkanes of at least 4 members (excludes halogenated alkanes) is 2. The van der Waals surface area contributed by atoms with Crippen molar-refractivity contribution in [2.75, 3.05) is 13.2 Å². The van der Waals surface area contributed by atoms with Gasteiger partial charge >= 0.3 is 6.11 Å². The van der Waals surface area contributed by atoms with Gasteiger partial charge in [0.25, 0.3) is 0 Å². The van der Waals surface area contributed by atoms with E-state index in [9.17, 15) is 30.7 Å². The predicted octanol–water partition coefficient (Wildman–Crippen LogP) is 10.2. The van der Waals surface area contributed by atoms with Gasteiger partial charge in [-0.05, 0) is 41.3 Å². The van der Waals surface area contributed by atoms with Crippen molar-refractivity contribution in [1.29, 1.82) is 0 Å². The summed E-state index contributed by atoms with van der Waals surface area (Å²) >= 11 is 0. The van der Waals surface area contributed by atoms with Crippen LogP contribution in [0.4, 0.5) is 35.1 Å². The SMILES string of the molecule is CCCCCC1COC(c2ccc(-c3ccc(-c4cc(F)c(C(F)(F)Oc5cc(F)c(F)c(F)c5)c(F)c4)cc3)c(F)c2)OC1. The Morgan fingerprint density at radius 3 is 1.87 bits per heavy atom. The quantitative estimate of drug-likeness (QED) is 0.0985. The highest BCUT2D eigenvalue weighted by atomic mass is 19.3. The first-order valence-corrected chi connectivity index (χ1v) is 14.3. The van der Waals surface area contributed by atoms with Crippen LogP contribution in [0, 0.1) is 40.8 Å². The first-order valence-electron chi connectivity index (χ1n) is 14.3. The smallest absolute Gasteiger partial charge is 0.429 e. The zero-order valence-corrected chi connectivity index (χ0v) is 24.0. The second-order valence-corrected chi connectivity index (χ2v) is 10.8. The van der Waals surface area contributed by atoms with Crippen LogP contribution in [0.3, 0.4) is 0 Å². The van der Waals surface area contributed by atoms with Gasteiger partial charge < -0.3 is 14.2 Å². The van der Waals surface area contributed by atoms with Crippen molar-refractivity contribution in [2.24, 2.45) is 5.92 Å². The Labute approximate surface area is 254 Å². The molecule has 5 rings (SSSR count). The van der Waals surface area contributed by atoms with Crippen LogP contribution in [0.5, 0.6) is 5.75 Å². The Hall–Kier alpha value is -3.96. The summed E-state index contributed by atoms with van der Waals surface area (Å²) in [6, 6.07) is 11.9. The van der Waals surface area contributed by atoms with Crippen LogP contribution in [-0.4, -0.2) is 13.2 Å². The number of hydrogen-bond donors (Lipinski definition) is 0. The molecule has 238 valence electrons. The molecule has 1 heterocycles. The Bertz CT molecular complexity index is 1600. The molecule has 0 N–H and O–H groups in total. The van der Waals surface area contributed by atoms with Crippen molar-refractivity contribution in [2.45, 2.75) is 45.0 Å². The van der Waals surface area contributed by atoms with E-state index in [-0.39, 0.29) is 28.8 Å². The summed E-state index contributed by atoms with van der Waals surface area (Å²) in [6.07, 6.45) is -0.995. The van der Waals surface area contributed by atoms with E-state index in [1.807, 2.05) is 0 Å². The third-order valence-corrected chi connectivity index (χ3v) is 7.51. The highest BCUT2D eigenvalue weighted by Crippen LogP contribution is 2.38. The number of rotatable bonds is 10. The molecular formula is C34H28F8O3. The highest BCUT2D eigenvalue weighted by molar-refractivity contribution is 5.71. The van der Waals surface area contributed by atoms with Gasteiger partial charge in [-0.15, -0.1) is 0 Å². The second kappa shape index (κ2) is 13.6. The van der Waals surface area contributed by atoms with Crippen molar-refractivity contribution in [3.8, 4) is 28.0 Å². The van der Waals surface area contributed by atoms with Gasteiger partial charge in [-0.3, -0.25) is 0 Å². The molecule has 0 spiro atoms. The van der Waals surface area contributed by atoms with Crippen molar-refractivity contribution < 1.29 is 49.3 Å². The minimum absolute atomic E-state index is 0.120. The fraction of sp³-hybridized carbons (Fsp3) is 0.294. The number of benzene rings is 4. The normalized spacial score (nSPS) is 17.0. The average Bonchev–Trinajstić information content (AvgIpc) is 2.99. The monoisotopic (exact) mass is 636 g/mol. The lowest BCUT2D eigenvalue weighted by Crippen LogP contribution is -2.27. The summed E-state index contributed by atoms with van der Waals surface area (Å²) in [6.45, 7) is 3.19. The van der Waals surface area contributed by atoms with E-state index in [2.05, 4.69) is 11.7 Å². The third kappa shape index (κ3) is 7.31. The maximum Gasteiger partial charge on any atom is 0.432 e. The molecule has 0 aliphatic carbocycles. The van der Waals surface area contributed by atoms with Crippen LogP contribution in [0.15, 0.2) is 66.7 Å². The van der Waals surface area contributed by atoms with E-state index in [1.54, 1.807) is 12.1 Å². The van der Waals surface area contributed by atoms with E-state index in [4.69, 9.17) is 9.47 Å². The van der Waals surface area contributed by atoms with Crippen molar-refractivity contribution in [1.82, 2.24) is 0 Å². The van der Waals surface area contributed by atoms with Crippen LogP contribution in [0.1, 0.15) is 50.0 Å². The number of hydrogen-bond acceptors (Lipinski definition) is 3. The molecule has 1 fully saturated rings.